The van der Waals surface area contributed by atoms with Crippen LogP contribution in [0, 0.1) is 16.5 Å². The highest BCUT2D eigenvalue weighted by molar-refractivity contribution is 8.03. The molecule has 0 aliphatic rings. The first-order valence-electron chi connectivity index (χ1n) is 3.64. The lowest BCUT2D eigenvalue weighted by Crippen LogP contribution is -1.72. The van der Waals surface area contributed by atoms with Crippen molar-refractivity contribution in [1.82, 2.24) is 0 Å². The minimum Gasteiger partial charge on any atom is -0.207 e. The van der Waals surface area contributed by atoms with Crippen LogP contribution in [0.4, 0.5) is 4.39 Å². The molecule has 1 rings (SSSR count). The van der Waals surface area contributed by atoms with E-state index in [-0.39, 0.29) is 5.82 Å². The highest BCUT2D eigenvalue weighted by atomic mass is 32.2. The summed E-state index contributed by atoms with van der Waals surface area (Å²) in [5.41, 5.74) is 0. The number of hydrogen-bond donors (Lipinski definition) is 0. The number of thiocyanates is 1. The number of nitriles is 1. The average Bonchev–Trinajstić information content (AvgIpc) is 2.09. The zero-order chi connectivity index (χ0) is 9.40. The molecule has 0 saturated carbocycles. The molecule has 1 aromatic rings. The molecule has 1 nitrogen and oxygen atoms in total. The Bertz CT molecular complexity index is 267. The number of halogens is 1. The monoisotopic (exact) mass is 183 g/mol. The zero-order valence-corrected chi connectivity index (χ0v) is 7.86. The Hall–Kier alpha value is -1.01. The highest BCUT2D eigenvalue weighted by Gasteiger charge is 1.92. The third-order valence-corrected chi connectivity index (χ3v) is 1.54. The Morgan fingerprint density at radius 2 is 2.08 bits per heavy atom. The summed E-state index contributed by atoms with van der Waals surface area (Å²) in [5, 5.41) is 10.1. The van der Waals surface area contributed by atoms with Gasteiger partial charge in [-0.15, -0.1) is 0 Å². The maximum absolute atomic E-state index is 12.4. The highest BCUT2D eigenvalue weighted by Crippen LogP contribution is 2.16. The van der Waals surface area contributed by atoms with Gasteiger partial charge >= 0.3 is 0 Å². The van der Waals surface area contributed by atoms with E-state index in [1.165, 1.54) is 12.1 Å². The second kappa shape index (κ2) is 6.68. The van der Waals surface area contributed by atoms with Gasteiger partial charge in [-0.1, -0.05) is 19.9 Å². The summed E-state index contributed by atoms with van der Waals surface area (Å²) in [5.74, 6) is -0.305. The van der Waals surface area contributed by atoms with Gasteiger partial charge in [-0.05, 0) is 30.0 Å². The van der Waals surface area contributed by atoms with Crippen molar-refractivity contribution in [1.29, 1.82) is 5.26 Å². The summed E-state index contributed by atoms with van der Waals surface area (Å²) < 4.78 is 12.4. The second-order valence-electron chi connectivity index (χ2n) is 1.65. The first-order valence-corrected chi connectivity index (χ1v) is 4.46. The van der Waals surface area contributed by atoms with Crippen LogP contribution in [0.5, 0.6) is 0 Å². The van der Waals surface area contributed by atoms with Gasteiger partial charge < -0.3 is 0 Å². The number of benzene rings is 1. The lowest BCUT2D eigenvalue weighted by Gasteiger charge is -1.90. The van der Waals surface area contributed by atoms with Crippen molar-refractivity contribution < 1.29 is 4.39 Å². The van der Waals surface area contributed by atoms with Crippen molar-refractivity contribution in [2.75, 3.05) is 0 Å². The van der Waals surface area contributed by atoms with E-state index in [1.54, 1.807) is 12.1 Å². The van der Waals surface area contributed by atoms with Crippen LogP contribution in [-0.4, -0.2) is 0 Å². The summed E-state index contributed by atoms with van der Waals surface area (Å²) in [6.07, 6.45) is 0. The molecule has 0 atom stereocenters. The predicted molar refractivity (Wildman–Crippen MR) is 49.2 cm³/mol. The van der Waals surface area contributed by atoms with Gasteiger partial charge in [0.1, 0.15) is 11.2 Å². The molecule has 0 aliphatic heterocycles. The number of hydrogen-bond acceptors (Lipinski definition) is 2. The van der Waals surface area contributed by atoms with Gasteiger partial charge in [0.2, 0.25) is 0 Å². The molecule has 0 aliphatic carbocycles. The van der Waals surface area contributed by atoms with E-state index in [0.717, 1.165) is 11.8 Å². The Kier molecular flexibility index (Phi) is 6.12. The standard InChI is InChI=1S/C7H4FNS.C2H6/c8-6-2-1-3-7(4-6)10-5-9;1-2/h1-4H;1-2H3. The molecule has 0 bridgehead atoms. The van der Waals surface area contributed by atoms with E-state index in [0.29, 0.717) is 4.90 Å². The smallest absolute Gasteiger partial charge is 0.138 e. The van der Waals surface area contributed by atoms with E-state index in [1.807, 2.05) is 19.2 Å². The fourth-order valence-corrected chi connectivity index (χ4v) is 1.01. The maximum Gasteiger partial charge on any atom is 0.138 e. The summed E-state index contributed by atoms with van der Waals surface area (Å²) in [6.45, 7) is 4.00. The van der Waals surface area contributed by atoms with Gasteiger partial charge in [-0.25, -0.2) is 4.39 Å². The summed E-state index contributed by atoms with van der Waals surface area (Å²) in [4.78, 5) is 0.641. The molecular weight excluding hydrogens is 173 g/mol. The van der Waals surface area contributed by atoms with Crippen LogP contribution >= 0.6 is 11.8 Å². The predicted octanol–water partition coefficient (Wildman–Crippen LogP) is 3.43. The molecule has 1 aromatic carbocycles. The van der Waals surface area contributed by atoms with Crippen molar-refractivity contribution in [2.45, 2.75) is 18.7 Å². The van der Waals surface area contributed by atoms with Gasteiger partial charge in [0.15, 0.2) is 0 Å². The van der Waals surface area contributed by atoms with Crippen LogP contribution in [-0.2, 0) is 0 Å². The Morgan fingerprint density at radius 3 is 2.58 bits per heavy atom. The Balaban J connectivity index is 0.000000561. The number of rotatable bonds is 1. The molecule has 0 radical (unpaired) electrons. The van der Waals surface area contributed by atoms with Crippen LogP contribution in [0.15, 0.2) is 29.2 Å². The van der Waals surface area contributed by atoms with Crippen molar-refractivity contribution in [3.8, 4) is 5.40 Å². The van der Waals surface area contributed by atoms with Crippen molar-refractivity contribution >= 4 is 11.8 Å². The molecule has 0 saturated heterocycles. The van der Waals surface area contributed by atoms with E-state index in [9.17, 15) is 4.39 Å². The molecule has 64 valence electrons. The first kappa shape index (κ1) is 11.0. The summed E-state index contributed by atoms with van der Waals surface area (Å²) >= 11 is 0.955. The van der Waals surface area contributed by atoms with E-state index in [4.69, 9.17) is 5.26 Å². The average molecular weight is 183 g/mol. The van der Waals surface area contributed by atoms with Crippen LogP contribution in [0.3, 0.4) is 0 Å². The zero-order valence-electron chi connectivity index (χ0n) is 7.04. The largest absolute Gasteiger partial charge is 0.207 e. The van der Waals surface area contributed by atoms with E-state index in [2.05, 4.69) is 0 Å². The van der Waals surface area contributed by atoms with E-state index >= 15 is 0 Å². The molecule has 3 heteroatoms. The molecule has 0 amide bonds. The van der Waals surface area contributed by atoms with Gasteiger partial charge in [0.05, 0.1) is 0 Å². The molecule has 0 N–H and O–H groups in total. The first-order chi connectivity index (χ1) is 5.83. The third-order valence-electron chi connectivity index (χ3n) is 0.960. The maximum atomic E-state index is 12.4. The summed E-state index contributed by atoms with van der Waals surface area (Å²) in [7, 11) is 0. The van der Waals surface area contributed by atoms with Gasteiger partial charge in [-0.2, -0.15) is 5.26 Å². The fourth-order valence-electron chi connectivity index (χ4n) is 0.583. The second-order valence-corrected chi connectivity index (χ2v) is 2.51. The Labute approximate surface area is 76.2 Å². The third kappa shape index (κ3) is 3.99. The SMILES string of the molecule is CC.N#CSc1cccc(F)c1. The fraction of sp³-hybridized carbons (Fsp3) is 0.222. The van der Waals surface area contributed by atoms with Crippen LogP contribution in [0.25, 0.3) is 0 Å². The summed E-state index contributed by atoms with van der Waals surface area (Å²) in [6, 6.07) is 5.95. The van der Waals surface area contributed by atoms with Crippen molar-refractivity contribution in [3.05, 3.63) is 30.1 Å². The van der Waals surface area contributed by atoms with Crippen LogP contribution in [0.1, 0.15) is 13.8 Å². The van der Waals surface area contributed by atoms with Crippen LogP contribution in [0.2, 0.25) is 0 Å². The minimum atomic E-state index is -0.305. The van der Waals surface area contributed by atoms with Crippen molar-refractivity contribution in [2.24, 2.45) is 0 Å². The minimum absolute atomic E-state index is 0.305. The lowest BCUT2D eigenvalue weighted by atomic mass is 10.4. The van der Waals surface area contributed by atoms with Crippen molar-refractivity contribution in [3.63, 3.8) is 0 Å². The quantitative estimate of drug-likeness (QED) is 0.492. The van der Waals surface area contributed by atoms with Gasteiger partial charge in [0.25, 0.3) is 0 Å². The Morgan fingerprint density at radius 1 is 1.42 bits per heavy atom. The van der Waals surface area contributed by atoms with Gasteiger partial charge in [-0.3, -0.25) is 0 Å². The molecule has 0 fully saturated rings. The van der Waals surface area contributed by atoms with E-state index < -0.39 is 0 Å². The molecule has 12 heavy (non-hydrogen) atoms. The van der Waals surface area contributed by atoms with Gasteiger partial charge in [0, 0.05) is 4.90 Å². The normalized spacial score (nSPS) is 7.83. The lowest BCUT2D eigenvalue weighted by molar-refractivity contribution is 0.624. The topological polar surface area (TPSA) is 23.8 Å². The number of thioether (sulfide) groups is 1. The molecule has 0 spiro atoms. The molecular formula is C9H10FNS. The molecule has 0 heterocycles. The molecule has 0 aromatic heterocycles. The number of nitrogens with zero attached hydrogens (tertiary/aromatic N) is 1. The van der Waals surface area contributed by atoms with Crippen LogP contribution < -0.4 is 0 Å². The molecule has 0 unspecified atom stereocenters.